The van der Waals surface area contributed by atoms with Crippen LogP contribution in [-0.2, 0) is 17.9 Å². The summed E-state index contributed by atoms with van der Waals surface area (Å²) in [5.74, 6) is 0.751. The van der Waals surface area contributed by atoms with Crippen LogP contribution in [0.5, 0.6) is 0 Å². The minimum atomic E-state index is 0.415. The third-order valence-electron chi connectivity index (χ3n) is 2.40. The van der Waals surface area contributed by atoms with Gasteiger partial charge in [-0.25, -0.2) is 4.98 Å². The minimum absolute atomic E-state index is 0.415. The Morgan fingerprint density at radius 1 is 1.35 bits per heavy atom. The lowest BCUT2D eigenvalue weighted by Crippen LogP contribution is -2.10. The maximum absolute atomic E-state index is 10.2. The Morgan fingerprint density at radius 3 is 3.00 bits per heavy atom. The summed E-state index contributed by atoms with van der Waals surface area (Å²) >= 11 is 0. The highest BCUT2D eigenvalue weighted by Crippen LogP contribution is 2.13. The van der Waals surface area contributed by atoms with Gasteiger partial charge in [-0.05, 0) is 23.9 Å². The van der Waals surface area contributed by atoms with E-state index >= 15 is 0 Å². The first-order chi connectivity index (χ1) is 8.33. The molecule has 1 heterocycles. The third kappa shape index (κ3) is 2.63. The lowest BCUT2D eigenvalue weighted by atomic mass is 10.2. The molecule has 5 nitrogen and oxygen atoms in total. The van der Waals surface area contributed by atoms with Crippen LogP contribution in [0.1, 0.15) is 11.4 Å². The normalized spacial score (nSPS) is 10.1. The maximum atomic E-state index is 10.2. The van der Waals surface area contributed by atoms with Crippen molar-refractivity contribution >= 4 is 17.4 Å². The Bertz CT molecular complexity index is 522. The van der Waals surface area contributed by atoms with Crippen molar-refractivity contribution in [3.8, 4) is 0 Å². The van der Waals surface area contributed by atoms with E-state index in [4.69, 9.17) is 0 Å². The largest absolute Gasteiger partial charge is 0.387 e. The number of H-pyrrole nitrogens is 1. The summed E-state index contributed by atoms with van der Waals surface area (Å²) in [6, 6.07) is 6.00. The summed E-state index contributed by atoms with van der Waals surface area (Å²) in [6.45, 7) is 4.75. The lowest BCUT2D eigenvalue weighted by Gasteiger charge is -2.00. The molecule has 0 spiro atoms. The average molecular weight is 230 g/mol. The summed E-state index contributed by atoms with van der Waals surface area (Å²) < 4.78 is 0. The van der Waals surface area contributed by atoms with Crippen LogP contribution in [-0.4, -0.2) is 16.4 Å². The SMILES string of the molecule is C=CNCc1ccc2nc(CNC=O)[nH]c2c1. The van der Waals surface area contributed by atoms with Crippen molar-refractivity contribution in [2.45, 2.75) is 13.1 Å². The van der Waals surface area contributed by atoms with Gasteiger partial charge in [0.15, 0.2) is 0 Å². The predicted molar refractivity (Wildman–Crippen MR) is 66.0 cm³/mol. The van der Waals surface area contributed by atoms with E-state index in [1.165, 1.54) is 0 Å². The summed E-state index contributed by atoms with van der Waals surface area (Å²) in [5, 5.41) is 5.62. The third-order valence-corrected chi connectivity index (χ3v) is 2.40. The Balaban J connectivity index is 2.21. The first-order valence-electron chi connectivity index (χ1n) is 5.32. The molecule has 2 rings (SSSR count). The van der Waals surface area contributed by atoms with Gasteiger partial charge < -0.3 is 15.6 Å². The van der Waals surface area contributed by atoms with Gasteiger partial charge >= 0.3 is 0 Å². The number of hydrogen-bond acceptors (Lipinski definition) is 3. The lowest BCUT2D eigenvalue weighted by molar-refractivity contribution is -0.109. The maximum Gasteiger partial charge on any atom is 0.207 e. The second-order valence-corrected chi connectivity index (χ2v) is 3.62. The topological polar surface area (TPSA) is 69.8 Å². The molecule has 0 unspecified atom stereocenters. The number of aromatic nitrogens is 2. The molecule has 1 aromatic heterocycles. The molecule has 5 heteroatoms. The van der Waals surface area contributed by atoms with Crippen LogP contribution in [0.4, 0.5) is 0 Å². The van der Waals surface area contributed by atoms with Crippen molar-refractivity contribution in [3.63, 3.8) is 0 Å². The number of rotatable bonds is 6. The van der Waals surface area contributed by atoms with Gasteiger partial charge in [0.2, 0.25) is 6.41 Å². The number of carbonyl (C=O) groups is 1. The first-order valence-corrected chi connectivity index (χ1v) is 5.32. The van der Waals surface area contributed by atoms with Gasteiger partial charge in [0, 0.05) is 6.54 Å². The van der Waals surface area contributed by atoms with E-state index < -0.39 is 0 Å². The molecule has 0 aliphatic heterocycles. The predicted octanol–water partition coefficient (Wildman–Crippen LogP) is 1.04. The smallest absolute Gasteiger partial charge is 0.207 e. The fraction of sp³-hybridized carbons (Fsp3) is 0.167. The van der Waals surface area contributed by atoms with E-state index in [0.29, 0.717) is 13.0 Å². The number of amides is 1. The van der Waals surface area contributed by atoms with Gasteiger partial charge in [0.05, 0.1) is 17.6 Å². The summed E-state index contributed by atoms with van der Waals surface area (Å²) in [4.78, 5) is 17.7. The molecular weight excluding hydrogens is 216 g/mol. The second-order valence-electron chi connectivity index (χ2n) is 3.62. The van der Waals surface area contributed by atoms with E-state index in [-0.39, 0.29) is 0 Å². The summed E-state index contributed by atoms with van der Waals surface area (Å²) in [7, 11) is 0. The molecule has 0 atom stereocenters. The van der Waals surface area contributed by atoms with Crippen molar-refractivity contribution < 1.29 is 4.79 Å². The molecular formula is C12H14N4O. The van der Waals surface area contributed by atoms with Crippen LogP contribution < -0.4 is 10.6 Å². The molecule has 0 aliphatic carbocycles. The van der Waals surface area contributed by atoms with Gasteiger partial charge in [-0.3, -0.25) is 4.79 Å². The van der Waals surface area contributed by atoms with Gasteiger partial charge in [-0.2, -0.15) is 0 Å². The summed E-state index contributed by atoms with van der Waals surface area (Å²) in [5.41, 5.74) is 3.02. The molecule has 3 N–H and O–H groups in total. The molecule has 0 aliphatic rings. The van der Waals surface area contributed by atoms with Gasteiger partial charge in [-0.15, -0.1) is 0 Å². The van der Waals surface area contributed by atoms with E-state index in [9.17, 15) is 4.79 Å². The van der Waals surface area contributed by atoms with E-state index in [1.807, 2.05) is 18.2 Å². The number of nitrogens with zero attached hydrogens (tertiary/aromatic N) is 1. The van der Waals surface area contributed by atoms with Crippen molar-refractivity contribution in [3.05, 3.63) is 42.4 Å². The van der Waals surface area contributed by atoms with Crippen molar-refractivity contribution in [1.29, 1.82) is 0 Å². The molecule has 0 bridgehead atoms. The van der Waals surface area contributed by atoms with Gasteiger partial charge in [-0.1, -0.05) is 12.6 Å². The quantitative estimate of drug-likeness (QED) is 0.649. The number of aromatic amines is 1. The van der Waals surface area contributed by atoms with Gasteiger partial charge in [0.25, 0.3) is 0 Å². The number of fused-ring (bicyclic) bond motifs is 1. The highest BCUT2D eigenvalue weighted by Gasteiger charge is 2.02. The highest BCUT2D eigenvalue weighted by atomic mass is 16.1. The Labute approximate surface area is 98.9 Å². The van der Waals surface area contributed by atoms with E-state index in [1.54, 1.807) is 6.20 Å². The van der Waals surface area contributed by atoms with Crippen molar-refractivity contribution in [1.82, 2.24) is 20.6 Å². The number of nitrogens with one attached hydrogen (secondary N) is 3. The van der Waals surface area contributed by atoms with Crippen molar-refractivity contribution in [2.75, 3.05) is 0 Å². The molecule has 0 radical (unpaired) electrons. The molecule has 17 heavy (non-hydrogen) atoms. The molecule has 1 amide bonds. The standard InChI is InChI=1S/C12H14N4O/c1-2-13-6-9-3-4-10-11(5-9)16-12(15-10)7-14-8-17/h2-5,8,13H,1,6-7H2,(H,14,17)(H,15,16). The monoisotopic (exact) mass is 230 g/mol. The van der Waals surface area contributed by atoms with E-state index in [0.717, 1.165) is 29.0 Å². The molecule has 0 saturated heterocycles. The van der Waals surface area contributed by atoms with Crippen LogP contribution in [0.15, 0.2) is 31.0 Å². The molecule has 0 fully saturated rings. The van der Waals surface area contributed by atoms with Crippen LogP contribution in [0, 0.1) is 0 Å². The zero-order chi connectivity index (χ0) is 12.1. The van der Waals surface area contributed by atoms with Gasteiger partial charge in [0.1, 0.15) is 5.82 Å². The zero-order valence-corrected chi connectivity index (χ0v) is 9.36. The number of hydrogen-bond donors (Lipinski definition) is 3. The minimum Gasteiger partial charge on any atom is -0.387 e. The van der Waals surface area contributed by atoms with Crippen LogP contribution in [0.3, 0.4) is 0 Å². The average Bonchev–Trinajstić information content (AvgIpc) is 2.75. The second kappa shape index (κ2) is 5.16. The molecule has 0 saturated carbocycles. The van der Waals surface area contributed by atoms with Crippen LogP contribution in [0.25, 0.3) is 11.0 Å². The Kier molecular flexibility index (Phi) is 3.40. The van der Waals surface area contributed by atoms with E-state index in [2.05, 4.69) is 27.2 Å². The zero-order valence-electron chi connectivity index (χ0n) is 9.36. The number of carbonyl (C=O) groups excluding carboxylic acids is 1. The van der Waals surface area contributed by atoms with Crippen molar-refractivity contribution in [2.24, 2.45) is 0 Å². The first kappa shape index (κ1) is 11.2. The fourth-order valence-electron chi connectivity index (χ4n) is 1.63. The fourth-order valence-corrected chi connectivity index (χ4v) is 1.63. The van der Waals surface area contributed by atoms with Crippen LogP contribution in [0.2, 0.25) is 0 Å². The number of imidazole rings is 1. The summed E-state index contributed by atoms with van der Waals surface area (Å²) in [6.07, 6.45) is 2.32. The molecule has 1 aromatic carbocycles. The Morgan fingerprint density at radius 2 is 2.24 bits per heavy atom. The molecule has 2 aromatic rings. The van der Waals surface area contributed by atoms with Crippen LogP contribution >= 0.6 is 0 Å². The highest BCUT2D eigenvalue weighted by molar-refractivity contribution is 5.75. The Hall–Kier alpha value is -2.30. The number of benzene rings is 1. The molecule has 88 valence electrons.